The van der Waals surface area contributed by atoms with Crippen molar-refractivity contribution in [3.63, 3.8) is 0 Å². The second-order valence-corrected chi connectivity index (χ2v) is 4.39. The molecule has 17 heavy (non-hydrogen) atoms. The monoisotopic (exact) mass is 240 g/mol. The highest BCUT2D eigenvalue weighted by molar-refractivity contribution is 5.78. The molecule has 1 N–H and O–H groups in total. The summed E-state index contributed by atoms with van der Waals surface area (Å²) in [5, 5.41) is 2.72. The lowest BCUT2D eigenvalue weighted by molar-refractivity contribution is -0.146. The number of carbonyl (C=O) groups excluding carboxylic acids is 2. The van der Waals surface area contributed by atoms with Crippen LogP contribution in [0.25, 0.3) is 0 Å². The Balaban J connectivity index is 2.40. The van der Waals surface area contributed by atoms with E-state index in [-0.39, 0.29) is 23.7 Å². The molecule has 1 aliphatic rings. The molecule has 1 heterocycles. The number of methoxy groups -OCH3 is 1. The number of ether oxygens (including phenoxy) is 1. The largest absolute Gasteiger partial charge is 0.469 e. The second kappa shape index (κ2) is 6.39. The SMILES string of the molecule is C=CCNC(=O)CN1CC(C)C(C(=O)OC)C1. The average molecular weight is 240 g/mol. The van der Waals surface area contributed by atoms with Crippen molar-refractivity contribution in [2.75, 3.05) is 33.3 Å². The average Bonchev–Trinajstić information content (AvgIpc) is 2.66. The zero-order chi connectivity index (χ0) is 12.8. The molecule has 0 radical (unpaired) electrons. The van der Waals surface area contributed by atoms with Gasteiger partial charge in [-0.25, -0.2) is 0 Å². The number of hydrogen-bond acceptors (Lipinski definition) is 4. The third-order valence-electron chi connectivity index (χ3n) is 3.00. The van der Waals surface area contributed by atoms with Crippen LogP contribution in [0.2, 0.25) is 0 Å². The van der Waals surface area contributed by atoms with Gasteiger partial charge in [-0.05, 0) is 5.92 Å². The van der Waals surface area contributed by atoms with Crippen molar-refractivity contribution in [1.82, 2.24) is 10.2 Å². The molecule has 0 aromatic heterocycles. The molecule has 0 aromatic carbocycles. The van der Waals surface area contributed by atoms with Crippen LogP contribution in [0.5, 0.6) is 0 Å². The molecule has 0 aliphatic carbocycles. The van der Waals surface area contributed by atoms with Crippen molar-refractivity contribution < 1.29 is 14.3 Å². The Hall–Kier alpha value is -1.36. The van der Waals surface area contributed by atoms with Gasteiger partial charge in [-0.15, -0.1) is 6.58 Å². The van der Waals surface area contributed by atoms with Crippen LogP contribution in [-0.2, 0) is 14.3 Å². The van der Waals surface area contributed by atoms with Crippen molar-refractivity contribution in [3.8, 4) is 0 Å². The lowest BCUT2D eigenvalue weighted by atomic mass is 9.99. The lowest BCUT2D eigenvalue weighted by Crippen LogP contribution is -2.36. The summed E-state index contributed by atoms with van der Waals surface area (Å²) < 4.78 is 4.74. The Kier molecular flexibility index (Phi) is 5.15. The minimum absolute atomic E-state index is 0.0392. The number of hydrogen-bond donors (Lipinski definition) is 1. The Morgan fingerprint density at radius 2 is 2.24 bits per heavy atom. The standard InChI is InChI=1S/C12H20N2O3/c1-4-5-13-11(15)8-14-6-9(2)10(7-14)12(16)17-3/h4,9-10H,1,5-8H2,2-3H3,(H,13,15). The van der Waals surface area contributed by atoms with Gasteiger partial charge in [-0.2, -0.15) is 0 Å². The molecule has 1 saturated heterocycles. The molecule has 96 valence electrons. The maximum atomic E-state index is 11.5. The summed E-state index contributed by atoms with van der Waals surface area (Å²) in [6, 6.07) is 0. The molecule has 0 aromatic rings. The Bertz CT molecular complexity index is 304. The number of carbonyl (C=O) groups is 2. The highest BCUT2D eigenvalue weighted by Crippen LogP contribution is 2.23. The van der Waals surface area contributed by atoms with Gasteiger partial charge in [-0.1, -0.05) is 13.0 Å². The van der Waals surface area contributed by atoms with Crippen LogP contribution in [0.1, 0.15) is 6.92 Å². The summed E-state index contributed by atoms with van der Waals surface area (Å²) in [6.07, 6.45) is 1.64. The Morgan fingerprint density at radius 3 is 2.82 bits per heavy atom. The van der Waals surface area contributed by atoms with Crippen LogP contribution < -0.4 is 5.32 Å². The van der Waals surface area contributed by atoms with E-state index in [1.54, 1.807) is 6.08 Å². The first-order valence-corrected chi connectivity index (χ1v) is 5.76. The second-order valence-electron chi connectivity index (χ2n) is 4.39. The van der Waals surface area contributed by atoms with E-state index >= 15 is 0 Å². The van der Waals surface area contributed by atoms with Crippen LogP contribution >= 0.6 is 0 Å². The van der Waals surface area contributed by atoms with Gasteiger partial charge in [-0.3, -0.25) is 14.5 Å². The van der Waals surface area contributed by atoms with Crippen LogP contribution in [0.4, 0.5) is 0 Å². The topological polar surface area (TPSA) is 58.6 Å². The number of nitrogens with zero attached hydrogens (tertiary/aromatic N) is 1. The molecule has 2 atom stereocenters. The molecular formula is C12H20N2O3. The number of esters is 1. The predicted molar refractivity (Wildman–Crippen MR) is 64.3 cm³/mol. The third kappa shape index (κ3) is 3.85. The molecular weight excluding hydrogens is 220 g/mol. The predicted octanol–water partition coefficient (Wildman–Crippen LogP) is 0.0295. The third-order valence-corrected chi connectivity index (χ3v) is 3.00. The quantitative estimate of drug-likeness (QED) is 0.544. The Morgan fingerprint density at radius 1 is 1.53 bits per heavy atom. The van der Waals surface area contributed by atoms with Gasteiger partial charge < -0.3 is 10.1 Å². The maximum Gasteiger partial charge on any atom is 0.310 e. The maximum absolute atomic E-state index is 11.5. The van der Waals surface area contributed by atoms with Crippen LogP contribution in [0.3, 0.4) is 0 Å². The van der Waals surface area contributed by atoms with Gasteiger partial charge in [0.2, 0.25) is 5.91 Å². The van der Waals surface area contributed by atoms with E-state index in [4.69, 9.17) is 4.74 Å². The summed E-state index contributed by atoms with van der Waals surface area (Å²) in [5.41, 5.74) is 0. The zero-order valence-corrected chi connectivity index (χ0v) is 10.4. The van der Waals surface area contributed by atoms with Gasteiger partial charge in [0.25, 0.3) is 0 Å². The molecule has 0 saturated carbocycles. The van der Waals surface area contributed by atoms with Gasteiger partial charge in [0.15, 0.2) is 0 Å². The van der Waals surface area contributed by atoms with Gasteiger partial charge >= 0.3 is 5.97 Å². The van der Waals surface area contributed by atoms with Crippen LogP contribution in [-0.4, -0.2) is 50.1 Å². The number of amides is 1. The summed E-state index contributed by atoms with van der Waals surface area (Å²) >= 11 is 0. The first kappa shape index (κ1) is 13.7. The first-order chi connectivity index (χ1) is 8.08. The first-order valence-electron chi connectivity index (χ1n) is 5.76. The fraction of sp³-hybridized carbons (Fsp3) is 0.667. The zero-order valence-electron chi connectivity index (χ0n) is 10.4. The smallest absolute Gasteiger partial charge is 0.310 e. The molecule has 1 fully saturated rings. The van der Waals surface area contributed by atoms with E-state index in [0.29, 0.717) is 19.6 Å². The van der Waals surface area contributed by atoms with Crippen LogP contribution in [0.15, 0.2) is 12.7 Å². The van der Waals surface area contributed by atoms with Crippen LogP contribution in [0, 0.1) is 11.8 Å². The Labute approximate surface area is 102 Å². The minimum atomic E-state index is -0.188. The van der Waals surface area contributed by atoms with Crippen molar-refractivity contribution in [3.05, 3.63) is 12.7 Å². The van der Waals surface area contributed by atoms with E-state index in [9.17, 15) is 9.59 Å². The number of rotatable bonds is 5. The molecule has 1 amide bonds. The summed E-state index contributed by atoms with van der Waals surface area (Å²) in [6.45, 7) is 7.68. The summed E-state index contributed by atoms with van der Waals surface area (Å²) in [5.74, 6) is -0.115. The molecule has 5 nitrogen and oxygen atoms in total. The van der Waals surface area contributed by atoms with E-state index in [1.165, 1.54) is 7.11 Å². The highest BCUT2D eigenvalue weighted by Gasteiger charge is 2.35. The van der Waals surface area contributed by atoms with E-state index in [0.717, 1.165) is 6.54 Å². The molecule has 2 unspecified atom stereocenters. The molecule has 0 bridgehead atoms. The van der Waals surface area contributed by atoms with Gasteiger partial charge in [0, 0.05) is 19.6 Å². The number of likely N-dealkylation sites (tertiary alicyclic amines) is 1. The number of nitrogens with one attached hydrogen (secondary N) is 1. The van der Waals surface area contributed by atoms with Crippen molar-refractivity contribution in [2.24, 2.45) is 11.8 Å². The van der Waals surface area contributed by atoms with Gasteiger partial charge in [0.05, 0.1) is 19.6 Å². The molecule has 1 aliphatic heterocycles. The van der Waals surface area contributed by atoms with Crippen molar-refractivity contribution in [1.29, 1.82) is 0 Å². The van der Waals surface area contributed by atoms with E-state index in [2.05, 4.69) is 11.9 Å². The molecule has 1 rings (SSSR count). The lowest BCUT2D eigenvalue weighted by Gasteiger charge is -2.14. The molecule has 5 heteroatoms. The highest BCUT2D eigenvalue weighted by atomic mass is 16.5. The fourth-order valence-corrected chi connectivity index (χ4v) is 2.10. The van der Waals surface area contributed by atoms with E-state index in [1.807, 2.05) is 11.8 Å². The van der Waals surface area contributed by atoms with Gasteiger partial charge in [0.1, 0.15) is 0 Å². The van der Waals surface area contributed by atoms with Crippen molar-refractivity contribution in [2.45, 2.75) is 6.92 Å². The fourth-order valence-electron chi connectivity index (χ4n) is 2.10. The summed E-state index contributed by atoms with van der Waals surface area (Å²) in [7, 11) is 1.40. The minimum Gasteiger partial charge on any atom is -0.469 e. The summed E-state index contributed by atoms with van der Waals surface area (Å²) in [4.78, 5) is 24.9. The van der Waals surface area contributed by atoms with E-state index < -0.39 is 0 Å². The normalized spacial score (nSPS) is 24.4. The van der Waals surface area contributed by atoms with Crippen molar-refractivity contribution >= 4 is 11.9 Å². The molecule has 0 spiro atoms.